The lowest BCUT2D eigenvalue weighted by molar-refractivity contribution is 0.0797. The zero-order chi connectivity index (χ0) is 19.4. The molecule has 11 heteroatoms. The van der Waals surface area contributed by atoms with Gasteiger partial charge in [-0.05, 0) is 17.7 Å². The summed E-state index contributed by atoms with van der Waals surface area (Å²) in [7, 11) is 2.91. The zero-order valence-electron chi connectivity index (χ0n) is 14.3. The van der Waals surface area contributed by atoms with Gasteiger partial charge in [0, 0.05) is 12.6 Å². The predicted molar refractivity (Wildman–Crippen MR) is 89.5 cm³/mol. The molecule has 0 aliphatic rings. The van der Waals surface area contributed by atoms with Gasteiger partial charge in [-0.3, -0.25) is 4.79 Å². The molecular weight excluding hydrogens is 362 g/mol. The summed E-state index contributed by atoms with van der Waals surface area (Å²) >= 11 is 0. The first-order valence-corrected chi connectivity index (χ1v) is 7.61. The molecule has 0 atom stereocenters. The van der Waals surface area contributed by atoms with Crippen molar-refractivity contribution in [1.82, 2.24) is 25.4 Å². The average molecular weight is 376 g/mol. The van der Waals surface area contributed by atoms with Crippen LogP contribution in [0.2, 0.25) is 0 Å². The summed E-state index contributed by atoms with van der Waals surface area (Å²) in [5.74, 6) is -0.897. The molecule has 0 bridgehead atoms. The SMILES string of the molecule is COc1[nH]ncc1C(=O)N(C)/N=C/c1ccc(-c2nnc(C(F)F)o2)cc1. The van der Waals surface area contributed by atoms with E-state index in [0.717, 1.165) is 5.01 Å². The highest BCUT2D eigenvalue weighted by Crippen LogP contribution is 2.23. The number of H-pyrrole nitrogens is 1. The number of benzene rings is 1. The van der Waals surface area contributed by atoms with Crippen LogP contribution in [-0.2, 0) is 0 Å². The molecule has 1 N–H and O–H groups in total. The number of rotatable bonds is 6. The molecule has 9 nitrogen and oxygen atoms in total. The molecule has 27 heavy (non-hydrogen) atoms. The summed E-state index contributed by atoms with van der Waals surface area (Å²) in [5.41, 5.74) is 1.41. The first kappa shape index (κ1) is 18.2. The number of hydrogen-bond acceptors (Lipinski definition) is 7. The lowest BCUT2D eigenvalue weighted by Gasteiger charge is -2.10. The fraction of sp³-hybridized carbons (Fsp3) is 0.188. The second-order valence-electron chi connectivity index (χ2n) is 5.26. The van der Waals surface area contributed by atoms with Crippen molar-refractivity contribution in [2.75, 3.05) is 14.2 Å². The van der Waals surface area contributed by atoms with Crippen LogP contribution in [0.5, 0.6) is 5.88 Å². The van der Waals surface area contributed by atoms with Gasteiger partial charge in [-0.2, -0.15) is 19.0 Å². The van der Waals surface area contributed by atoms with Crippen LogP contribution in [0, 0.1) is 0 Å². The third kappa shape index (κ3) is 3.97. The lowest BCUT2D eigenvalue weighted by Crippen LogP contribution is -2.21. The third-order valence-corrected chi connectivity index (χ3v) is 3.50. The molecule has 3 aromatic rings. The van der Waals surface area contributed by atoms with Crippen molar-refractivity contribution in [3.8, 4) is 17.3 Å². The van der Waals surface area contributed by atoms with Gasteiger partial charge in [0.15, 0.2) is 0 Å². The van der Waals surface area contributed by atoms with Crippen LogP contribution in [0.3, 0.4) is 0 Å². The average Bonchev–Trinajstić information content (AvgIpc) is 3.35. The van der Waals surface area contributed by atoms with Gasteiger partial charge >= 0.3 is 6.43 Å². The Hall–Kier alpha value is -3.63. The van der Waals surface area contributed by atoms with E-state index in [1.54, 1.807) is 24.3 Å². The van der Waals surface area contributed by atoms with Gasteiger partial charge in [0.1, 0.15) is 5.56 Å². The molecule has 0 unspecified atom stereocenters. The first-order chi connectivity index (χ1) is 13.0. The van der Waals surface area contributed by atoms with Crippen LogP contribution < -0.4 is 4.74 Å². The van der Waals surface area contributed by atoms with Crippen molar-refractivity contribution in [2.24, 2.45) is 5.10 Å². The summed E-state index contributed by atoms with van der Waals surface area (Å²) in [6.45, 7) is 0. The van der Waals surface area contributed by atoms with Gasteiger partial charge in [-0.15, -0.1) is 10.2 Å². The summed E-state index contributed by atoms with van der Waals surface area (Å²) < 4.78 is 34.9. The van der Waals surface area contributed by atoms with E-state index in [9.17, 15) is 13.6 Å². The molecule has 0 fully saturated rings. The highest BCUT2D eigenvalue weighted by Gasteiger charge is 2.18. The number of carbonyl (C=O) groups excluding carboxylic acids is 1. The van der Waals surface area contributed by atoms with Crippen LogP contribution in [0.25, 0.3) is 11.5 Å². The van der Waals surface area contributed by atoms with E-state index in [2.05, 4.69) is 25.5 Å². The van der Waals surface area contributed by atoms with Crippen molar-refractivity contribution >= 4 is 12.1 Å². The first-order valence-electron chi connectivity index (χ1n) is 7.61. The maximum Gasteiger partial charge on any atom is 0.314 e. The van der Waals surface area contributed by atoms with E-state index < -0.39 is 18.2 Å². The van der Waals surface area contributed by atoms with Gasteiger partial charge in [-0.1, -0.05) is 12.1 Å². The molecule has 1 amide bonds. The fourth-order valence-corrected chi connectivity index (χ4v) is 2.11. The topological polar surface area (TPSA) is 110 Å². The minimum Gasteiger partial charge on any atom is -0.481 e. The Morgan fingerprint density at radius 2 is 2.07 bits per heavy atom. The number of aromatic nitrogens is 4. The van der Waals surface area contributed by atoms with Gasteiger partial charge in [0.25, 0.3) is 11.8 Å². The lowest BCUT2D eigenvalue weighted by atomic mass is 10.1. The molecule has 0 radical (unpaired) electrons. The van der Waals surface area contributed by atoms with Crippen molar-refractivity contribution in [3.05, 3.63) is 47.5 Å². The van der Waals surface area contributed by atoms with Crippen molar-refractivity contribution in [1.29, 1.82) is 0 Å². The van der Waals surface area contributed by atoms with E-state index in [1.807, 2.05) is 0 Å². The maximum absolute atomic E-state index is 12.5. The molecule has 3 rings (SSSR count). The molecule has 0 aliphatic heterocycles. The number of aromatic amines is 1. The maximum atomic E-state index is 12.5. The third-order valence-electron chi connectivity index (χ3n) is 3.50. The van der Waals surface area contributed by atoms with E-state index in [1.165, 1.54) is 26.6 Å². The van der Waals surface area contributed by atoms with Crippen LogP contribution in [0.1, 0.15) is 28.2 Å². The minimum atomic E-state index is -2.82. The van der Waals surface area contributed by atoms with Crippen molar-refractivity contribution in [3.63, 3.8) is 0 Å². The van der Waals surface area contributed by atoms with Gasteiger partial charge in [0.2, 0.25) is 11.8 Å². The standard InChI is InChI=1S/C16H14F2N6O3/c1-24(16(25)11-8-19-21-14(11)26-2)20-7-9-3-5-10(6-4-9)13-22-23-15(27-13)12(17)18/h3-8,12H,1-2H3,(H,19,21)/b20-7+. The zero-order valence-corrected chi connectivity index (χ0v) is 14.3. The Balaban J connectivity index is 1.69. The second kappa shape index (κ2) is 7.72. The number of nitrogens with zero attached hydrogens (tertiary/aromatic N) is 5. The molecule has 0 saturated heterocycles. The highest BCUT2D eigenvalue weighted by molar-refractivity contribution is 5.96. The summed E-state index contributed by atoms with van der Waals surface area (Å²) in [4.78, 5) is 12.3. The monoisotopic (exact) mass is 376 g/mol. The van der Waals surface area contributed by atoms with Gasteiger partial charge < -0.3 is 9.15 Å². The molecule has 0 aliphatic carbocycles. The number of hydrazone groups is 1. The molecule has 2 aromatic heterocycles. The molecule has 1 aromatic carbocycles. The van der Waals surface area contributed by atoms with E-state index in [-0.39, 0.29) is 17.3 Å². The second-order valence-corrected chi connectivity index (χ2v) is 5.26. The van der Waals surface area contributed by atoms with Crippen LogP contribution >= 0.6 is 0 Å². The molecule has 0 saturated carbocycles. The van der Waals surface area contributed by atoms with Crippen LogP contribution in [0.4, 0.5) is 8.78 Å². The highest BCUT2D eigenvalue weighted by atomic mass is 19.3. The molecule has 140 valence electrons. The normalized spacial score (nSPS) is 11.3. The largest absolute Gasteiger partial charge is 0.481 e. The summed E-state index contributed by atoms with van der Waals surface area (Å²) in [6.07, 6.45) is -0.00766. The number of alkyl halides is 2. The quantitative estimate of drug-likeness (QED) is 0.523. The predicted octanol–water partition coefficient (Wildman–Crippen LogP) is 2.51. The number of nitrogens with one attached hydrogen (secondary N) is 1. The Kier molecular flexibility index (Phi) is 5.20. The van der Waals surface area contributed by atoms with Gasteiger partial charge in [0.05, 0.1) is 19.5 Å². The number of carbonyl (C=O) groups is 1. The molecule has 0 spiro atoms. The number of methoxy groups -OCH3 is 1. The van der Waals surface area contributed by atoms with Crippen LogP contribution in [-0.4, -0.2) is 51.7 Å². The Morgan fingerprint density at radius 3 is 2.70 bits per heavy atom. The minimum absolute atomic E-state index is 0.00635. The van der Waals surface area contributed by atoms with E-state index in [4.69, 9.17) is 9.15 Å². The number of hydrogen-bond donors (Lipinski definition) is 1. The Bertz CT molecular complexity index is 951. The Morgan fingerprint density at radius 1 is 1.33 bits per heavy atom. The summed E-state index contributed by atoms with van der Waals surface area (Å²) in [6, 6.07) is 6.57. The van der Waals surface area contributed by atoms with E-state index in [0.29, 0.717) is 11.1 Å². The number of halogens is 2. The number of amides is 1. The number of ether oxygens (including phenoxy) is 1. The van der Waals surface area contributed by atoms with Crippen molar-refractivity contribution < 1.29 is 22.7 Å². The fourth-order valence-electron chi connectivity index (χ4n) is 2.11. The smallest absolute Gasteiger partial charge is 0.314 e. The van der Waals surface area contributed by atoms with E-state index >= 15 is 0 Å². The van der Waals surface area contributed by atoms with Crippen LogP contribution in [0.15, 0.2) is 40.0 Å². The van der Waals surface area contributed by atoms with Crippen molar-refractivity contribution in [2.45, 2.75) is 6.43 Å². The van der Waals surface area contributed by atoms with Gasteiger partial charge in [-0.25, -0.2) is 10.1 Å². The summed E-state index contributed by atoms with van der Waals surface area (Å²) in [5, 5.41) is 18.4. The molecular formula is C16H14F2N6O3. The molecule has 2 heterocycles. The Labute approximate surface area is 151 Å².